The van der Waals surface area contributed by atoms with Crippen LogP contribution >= 0.6 is 11.6 Å². The van der Waals surface area contributed by atoms with Gasteiger partial charge < -0.3 is 9.47 Å². The number of methoxy groups -OCH3 is 2. The van der Waals surface area contributed by atoms with Crippen molar-refractivity contribution in [3.05, 3.63) is 93.8 Å². The number of rotatable bonds is 7. The summed E-state index contributed by atoms with van der Waals surface area (Å²) in [6.45, 7) is 5.00. The molecule has 0 radical (unpaired) electrons. The van der Waals surface area contributed by atoms with Gasteiger partial charge in [0, 0.05) is 42.3 Å². The van der Waals surface area contributed by atoms with Crippen LogP contribution in [0.3, 0.4) is 0 Å². The summed E-state index contributed by atoms with van der Waals surface area (Å²) < 4.78 is 26.0. The van der Waals surface area contributed by atoms with Gasteiger partial charge >= 0.3 is 0 Å². The van der Waals surface area contributed by atoms with Gasteiger partial charge in [-0.05, 0) is 49.2 Å². The molecular weight excluding hydrogens is 439 g/mol. The minimum absolute atomic E-state index is 0.124. The highest BCUT2D eigenvalue weighted by molar-refractivity contribution is 6.31. The maximum atomic E-state index is 14.7. The van der Waals surface area contributed by atoms with E-state index in [1.807, 2.05) is 18.2 Å². The highest BCUT2D eigenvalue weighted by Gasteiger charge is 2.34. The minimum atomic E-state index is -0.283. The van der Waals surface area contributed by atoms with Gasteiger partial charge in [0.1, 0.15) is 17.3 Å². The Morgan fingerprint density at radius 1 is 0.939 bits per heavy atom. The van der Waals surface area contributed by atoms with E-state index < -0.39 is 0 Å². The van der Waals surface area contributed by atoms with Crippen molar-refractivity contribution >= 4 is 11.6 Å². The summed E-state index contributed by atoms with van der Waals surface area (Å²) in [5, 5.41) is 0.446. The number of hydrogen-bond acceptors (Lipinski definition) is 4. The van der Waals surface area contributed by atoms with Crippen LogP contribution < -0.4 is 9.47 Å². The van der Waals surface area contributed by atoms with E-state index in [0.717, 1.165) is 43.1 Å². The summed E-state index contributed by atoms with van der Waals surface area (Å²) >= 11 is 6.40. The lowest BCUT2D eigenvalue weighted by Gasteiger charge is -2.45. The van der Waals surface area contributed by atoms with Crippen LogP contribution in [0.5, 0.6) is 11.5 Å². The van der Waals surface area contributed by atoms with E-state index >= 15 is 0 Å². The van der Waals surface area contributed by atoms with Crippen LogP contribution in [0.15, 0.2) is 60.7 Å². The van der Waals surface area contributed by atoms with Gasteiger partial charge in [0.25, 0.3) is 0 Å². The first-order valence-corrected chi connectivity index (χ1v) is 11.6. The average molecular weight is 469 g/mol. The Morgan fingerprint density at radius 2 is 1.67 bits per heavy atom. The van der Waals surface area contributed by atoms with Gasteiger partial charge in [-0.25, -0.2) is 4.39 Å². The molecule has 0 N–H and O–H groups in total. The average Bonchev–Trinajstić information content (AvgIpc) is 2.82. The lowest BCUT2D eigenvalue weighted by Crippen LogP contribution is -2.47. The van der Waals surface area contributed by atoms with E-state index in [4.69, 9.17) is 21.1 Å². The second kappa shape index (κ2) is 10.6. The van der Waals surface area contributed by atoms with E-state index in [0.29, 0.717) is 17.1 Å². The second-order valence-electron chi connectivity index (χ2n) is 8.46. The highest BCUT2D eigenvalue weighted by atomic mass is 35.5. The summed E-state index contributed by atoms with van der Waals surface area (Å²) in [5.41, 5.74) is 3.98. The van der Waals surface area contributed by atoms with Crippen molar-refractivity contribution in [1.82, 2.24) is 9.80 Å². The topological polar surface area (TPSA) is 24.9 Å². The Hall–Kier alpha value is -2.60. The number of hydrogen-bond donors (Lipinski definition) is 0. The third-order valence-corrected chi connectivity index (χ3v) is 6.58. The molecule has 174 valence electrons. The Morgan fingerprint density at radius 3 is 2.33 bits per heavy atom. The molecule has 0 amide bonds. The molecule has 3 aromatic carbocycles. The van der Waals surface area contributed by atoms with E-state index in [2.05, 4.69) is 41.0 Å². The zero-order valence-corrected chi connectivity index (χ0v) is 20.1. The third-order valence-electron chi connectivity index (χ3n) is 6.23. The van der Waals surface area contributed by atoms with Crippen molar-refractivity contribution in [1.29, 1.82) is 0 Å². The number of nitrogens with zero attached hydrogens (tertiary/aromatic N) is 2. The number of ether oxygens (including phenoxy) is 2. The first-order valence-electron chi connectivity index (χ1n) is 11.2. The fraction of sp³-hybridized carbons (Fsp3) is 0.333. The monoisotopic (exact) mass is 468 g/mol. The molecule has 1 saturated heterocycles. The second-order valence-corrected chi connectivity index (χ2v) is 8.87. The Labute approximate surface area is 200 Å². The molecule has 4 rings (SSSR count). The van der Waals surface area contributed by atoms with E-state index in [1.165, 1.54) is 17.2 Å². The van der Waals surface area contributed by atoms with E-state index in [1.54, 1.807) is 26.4 Å². The zero-order valence-electron chi connectivity index (χ0n) is 19.4. The Balaban J connectivity index is 1.75. The van der Waals surface area contributed by atoms with Crippen LogP contribution in [0.1, 0.15) is 34.8 Å². The smallest absolute Gasteiger partial charge is 0.129 e. The van der Waals surface area contributed by atoms with Gasteiger partial charge in [0.05, 0.1) is 20.4 Å². The minimum Gasteiger partial charge on any atom is -0.497 e. The van der Waals surface area contributed by atoms with Crippen molar-refractivity contribution < 1.29 is 13.9 Å². The van der Waals surface area contributed by atoms with Gasteiger partial charge in [0.15, 0.2) is 0 Å². The van der Waals surface area contributed by atoms with Crippen LogP contribution in [0.25, 0.3) is 0 Å². The predicted molar refractivity (Wildman–Crippen MR) is 130 cm³/mol. The van der Waals surface area contributed by atoms with E-state index in [-0.39, 0.29) is 12.0 Å². The quantitative estimate of drug-likeness (QED) is 0.411. The lowest BCUT2D eigenvalue weighted by atomic mass is 10.0. The molecule has 1 heterocycles. The molecule has 3 aromatic rings. The van der Waals surface area contributed by atoms with Gasteiger partial charge in [-0.2, -0.15) is 0 Å². The fourth-order valence-corrected chi connectivity index (χ4v) is 4.76. The van der Waals surface area contributed by atoms with Crippen LogP contribution in [0.2, 0.25) is 5.02 Å². The van der Waals surface area contributed by atoms with Crippen molar-refractivity contribution in [3.63, 3.8) is 0 Å². The molecule has 1 aliphatic rings. The van der Waals surface area contributed by atoms with Crippen molar-refractivity contribution in [2.75, 3.05) is 27.3 Å². The molecule has 4 nitrogen and oxygen atoms in total. The molecule has 1 fully saturated rings. The normalized spacial score (nSPS) is 17.2. The van der Waals surface area contributed by atoms with Gasteiger partial charge in [0.2, 0.25) is 0 Å². The Bertz CT molecular complexity index is 1070. The van der Waals surface area contributed by atoms with Crippen LogP contribution in [-0.4, -0.2) is 37.1 Å². The molecule has 0 spiro atoms. The molecule has 33 heavy (non-hydrogen) atoms. The summed E-state index contributed by atoms with van der Waals surface area (Å²) in [6.07, 6.45) is 0.849. The van der Waals surface area contributed by atoms with Gasteiger partial charge in [-0.1, -0.05) is 47.5 Å². The van der Waals surface area contributed by atoms with Crippen molar-refractivity contribution in [2.24, 2.45) is 0 Å². The lowest BCUT2D eigenvalue weighted by molar-refractivity contribution is -0.0110. The maximum absolute atomic E-state index is 14.7. The molecule has 6 heteroatoms. The first kappa shape index (κ1) is 23.6. The van der Waals surface area contributed by atoms with Crippen LogP contribution in [0, 0.1) is 12.7 Å². The number of halogens is 2. The van der Waals surface area contributed by atoms with Gasteiger partial charge in [-0.15, -0.1) is 0 Å². The first-order chi connectivity index (χ1) is 16.0. The zero-order chi connectivity index (χ0) is 23.4. The molecule has 0 bridgehead atoms. The molecule has 1 unspecified atom stereocenters. The Kier molecular flexibility index (Phi) is 7.53. The maximum Gasteiger partial charge on any atom is 0.129 e. The number of aryl methyl sites for hydroxylation is 1. The molecule has 0 saturated carbocycles. The van der Waals surface area contributed by atoms with E-state index in [9.17, 15) is 4.39 Å². The summed E-state index contributed by atoms with van der Waals surface area (Å²) in [5.74, 6) is 1.26. The molecule has 1 aliphatic heterocycles. The number of benzene rings is 3. The fourth-order valence-electron chi connectivity index (χ4n) is 4.53. The predicted octanol–water partition coefficient (Wildman–Crippen LogP) is 6.21. The summed E-state index contributed by atoms with van der Waals surface area (Å²) in [7, 11) is 3.34. The van der Waals surface area contributed by atoms with Crippen molar-refractivity contribution in [3.8, 4) is 11.5 Å². The molecule has 0 aliphatic carbocycles. The molecule has 0 aromatic heterocycles. The molecular formula is C27H30ClFN2O2. The van der Waals surface area contributed by atoms with Crippen LogP contribution in [-0.2, 0) is 13.1 Å². The largest absolute Gasteiger partial charge is 0.497 e. The third kappa shape index (κ3) is 5.32. The molecule has 1 atom stereocenters. The standard InChI is InChI=1S/C27H30ClFN2O2/c1-19-8-10-20(11-9-19)17-30-14-5-15-31(18-23-24(28)6-4-7-25(23)29)27(30)22-16-21(32-2)12-13-26(22)33-3/h4,6-13,16,27H,5,14-15,17-18H2,1-3H3. The summed E-state index contributed by atoms with van der Waals surface area (Å²) in [6, 6.07) is 19.3. The SMILES string of the molecule is COc1ccc(OC)c(C2N(Cc3ccc(C)cc3)CCCN2Cc2c(F)cccc2Cl)c1. The van der Waals surface area contributed by atoms with Gasteiger partial charge in [-0.3, -0.25) is 9.80 Å². The van der Waals surface area contributed by atoms with Crippen molar-refractivity contribution in [2.45, 2.75) is 32.6 Å². The highest BCUT2D eigenvalue weighted by Crippen LogP contribution is 2.39. The summed E-state index contributed by atoms with van der Waals surface area (Å²) in [4.78, 5) is 4.69. The van der Waals surface area contributed by atoms with Crippen LogP contribution in [0.4, 0.5) is 4.39 Å².